The van der Waals surface area contributed by atoms with E-state index >= 15 is 0 Å². The summed E-state index contributed by atoms with van der Waals surface area (Å²) in [6.07, 6.45) is 6.56. The predicted molar refractivity (Wildman–Crippen MR) is 99.3 cm³/mol. The molecule has 4 rings (SSSR count). The second kappa shape index (κ2) is 6.26. The molecule has 6 heteroatoms. The fourth-order valence-corrected chi connectivity index (χ4v) is 4.62. The maximum Gasteiger partial charge on any atom is 0.255 e. The molecular weight excluding hydrogens is 332 g/mol. The second-order valence-corrected chi connectivity index (χ2v) is 7.90. The third kappa shape index (κ3) is 2.95. The van der Waals surface area contributed by atoms with Gasteiger partial charge in [0.25, 0.3) is 5.91 Å². The lowest BCUT2D eigenvalue weighted by molar-refractivity contribution is 0.0941. The van der Waals surface area contributed by atoms with E-state index in [4.69, 9.17) is 4.98 Å². The first kappa shape index (κ1) is 16.3. The first-order chi connectivity index (χ1) is 12.0. The zero-order valence-corrected chi connectivity index (χ0v) is 15.6. The highest BCUT2D eigenvalue weighted by Gasteiger charge is 2.21. The topological polar surface area (TPSA) is 59.3 Å². The molecule has 0 radical (unpaired) electrons. The maximum atomic E-state index is 12.8. The van der Waals surface area contributed by atoms with E-state index in [0.29, 0.717) is 11.2 Å². The number of nitrogens with one attached hydrogen (secondary N) is 1. The highest BCUT2D eigenvalue weighted by Crippen LogP contribution is 2.30. The highest BCUT2D eigenvalue weighted by atomic mass is 32.1. The molecule has 0 fully saturated rings. The van der Waals surface area contributed by atoms with Crippen LogP contribution in [0.15, 0.2) is 18.3 Å². The van der Waals surface area contributed by atoms with E-state index in [9.17, 15) is 4.79 Å². The van der Waals surface area contributed by atoms with Crippen molar-refractivity contribution in [3.63, 3.8) is 0 Å². The fraction of sp³-hybridized carbons (Fsp3) is 0.421. The molecule has 3 heterocycles. The Bertz CT molecular complexity index is 932. The lowest BCUT2D eigenvalue weighted by atomic mass is 10.0. The Balaban J connectivity index is 1.58. The van der Waals surface area contributed by atoms with Crippen LogP contribution in [0.3, 0.4) is 0 Å². The summed E-state index contributed by atoms with van der Waals surface area (Å²) in [5.41, 5.74) is 4.54. The molecule has 3 aromatic heterocycles. The number of fused-ring (bicyclic) bond motifs is 2. The average Bonchev–Trinajstić information content (AvgIpc) is 3.18. The summed E-state index contributed by atoms with van der Waals surface area (Å²) in [5, 5.41) is 4.10. The molecule has 0 aliphatic heterocycles. The minimum Gasteiger partial charge on any atom is -0.343 e. The minimum absolute atomic E-state index is 0.0936. The summed E-state index contributed by atoms with van der Waals surface area (Å²) in [7, 11) is 0. The van der Waals surface area contributed by atoms with Gasteiger partial charge in [-0.3, -0.25) is 4.79 Å². The smallest absolute Gasteiger partial charge is 0.255 e. The Kier molecular flexibility index (Phi) is 4.07. The third-order valence-corrected chi connectivity index (χ3v) is 6.10. The van der Waals surface area contributed by atoms with Gasteiger partial charge < -0.3 is 9.72 Å². The number of thiazole rings is 1. The molecule has 1 amide bonds. The monoisotopic (exact) mass is 354 g/mol. The molecule has 1 N–H and O–H groups in total. The number of hydrogen-bond acceptors (Lipinski definition) is 4. The molecule has 1 unspecified atom stereocenters. The molecule has 1 aliphatic rings. The van der Waals surface area contributed by atoms with Gasteiger partial charge in [0.1, 0.15) is 10.7 Å². The van der Waals surface area contributed by atoms with Gasteiger partial charge in [-0.1, -0.05) is 0 Å². The van der Waals surface area contributed by atoms with Gasteiger partial charge in [0.05, 0.1) is 17.3 Å². The predicted octanol–water partition coefficient (Wildman–Crippen LogP) is 3.78. The molecule has 25 heavy (non-hydrogen) atoms. The van der Waals surface area contributed by atoms with E-state index in [0.717, 1.165) is 29.2 Å². The van der Waals surface area contributed by atoms with Gasteiger partial charge in [0.15, 0.2) is 0 Å². The number of nitrogens with zero attached hydrogens (tertiary/aromatic N) is 3. The number of carbonyl (C=O) groups is 1. The number of hydrogen-bond donors (Lipinski definition) is 1. The minimum atomic E-state index is -0.0966. The first-order valence-electron chi connectivity index (χ1n) is 8.77. The summed E-state index contributed by atoms with van der Waals surface area (Å²) in [5.74, 6) is -0.0966. The fourth-order valence-electron chi connectivity index (χ4n) is 3.46. The number of carbonyl (C=O) groups excluding carboxylic acids is 1. The number of amides is 1. The van der Waals surface area contributed by atoms with Crippen molar-refractivity contribution in [2.75, 3.05) is 0 Å². The van der Waals surface area contributed by atoms with Crippen LogP contribution in [0.1, 0.15) is 63.1 Å². The summed E-state index contributed by atoms with van der Waals surface area (Å²) in [4.78, 5) is 23.5. The standard InChI is InChI=1S/C19H22N4OS/c1-11-10-12(2)23-9-8-14(17(23)20-11)18(24)21-13(3)19-22-15-6-4-5-7-16(15)25-19/h8-10,13H,4-7H2,1-3H3,(H,21,24). The van der Waals surface area contributed by atoms with Gasteiger partial charge in [0, 0.05) is 22.5 Å². The molecule has 0 saturated heterocycles. The summed E-state index contributed by atoms with van der Waals surface area (Å²) in [6.45, 7) is 5.97. The summed E-state index contributed by atoms with van der Waals surface area (Å²) in [6, 6.07) is 3.75. The van der Waals surface area contributed by atoms with Crippen molar-refractivity contribution in [2.24, 2.45) is 0 Å². The van der Waals surface area contributed by atoms with E-state index in [1.165, 1.54) is 23.4 Å². The van der Waals surface area contributed by atoms with Gasteiger partial charge in [-0.25, -0.2) is 9.97 Å². The zero-order valence-electron chi connectivity index (χ0n) is 14.8. The Morgan fingerprint density at radius 3 is 2.88 bits per heavy atom. The highest BCUT2D eigenvalue weighted by molar-refractivity contribution is 7.11. The largest absolute Gasteiger partial charge is 0.343 e. The average molecular weight is 354 g/mol. The van der Waals surface area contributed by atoms with Crippen molar-refractivity contribution in [1.82, 2.24) is 19.7 Å². The van der Waals surface area contributed by atoms with Crippen LogP contribution in [-0.2, 0) is 12.8 Å². The van der Waals surface area contributed by atoms with Crippen LogP contribution in [0.4, 0.5) is 0 Å². The van der Waals surface area contributed by atoms with Gasteiger partial charge in [-0.05, 0) is 58.6 Å². The van der Waals surface area contributed by atoms with Crippen LogP contribution in [0.5, 0.6) is 0 Å². The normalized spacial score (nSPS) is 15.2. The molecule has 1 aliphatic carbocycles. The van der Waals surface area contributed by atoms with Crippen LogP contribution in [-0.4, -0.2) is 20.3 Å². The molecule has 3 aromatic rings. The van der Waals surface area contributed by atoms with Gasteiger partial charge in [0.2, 0.25) is 0 Å². The summed E-state index contributed by atoms with van der Waals surface area (Å²) < 4.78 is 1.95. The van der Waals surface area contributed by atoms with Crippen LogP contribution in [0.25, 0.3) is 5.65 Å². The third-order valence-electron chi connectivity index (χ3n) is 4.76. The number of aryl methyl sites for hydroxylation is 4. The SMILES string of the molecule is Cc1cc(C)n2ccc(C(=O)NC(C)c3nc4c(s3)CCCC4)c2n1. The van der Waals surface area contributed by atoms with Crippen LogP contribution < -0.4 is 5.32 Å². The van der Waals surface area contributed by atoms with Gasteiger partial charge in [-0.15, -0.1) is 11.3 Å². The van der Waals surface area contributed by atoms with E-state index in [1.54, 1.807) is 11.3 Å². The lowest BCUT2D eigenvalue weighted by Crippen LogP contribution is -2.26. The maximum absolute atomic E-state index is 12.8. The van der Waals surface area contributed by atoms with E-state index in [1.807, 2.05) is 43.5 Å². The molecule has 0 bridgehead atoms. The van der Waals surface area contributed by atoms with Gasteiger partial charge >= 0.3 is 0 Å². The molecular formula is C19H22N4OS. The van der Waals surface area contributed by atoms with Crippen LogP contribution >= 0.6 is 11.3 Å². The van der Waals surface area contributed by atoms with Crippen LogP contribution in [0, 0.1) is 13.8 Å². The molecule has 130 valence electrons. The van der Waals surface area contributed by atoms with Gasteiger partial charge in [-0.2, -0.15) is 0 Å². The number of aromatic nitrogens is 3. The first-order valence-corrected chi connectivity index (χ1v) is 9.59. The zero-order chi connectivity index (χ0) is 17.6. The van der Waals surface area contributed by atoms with Crippen molar-refractivity contribution < 1.29 is 4.79 Å². The Hall–Kier alpha value is -2.21. The summed E-state index contributed by atoms with van der Waals surface area (Å²) >= 11 is 1.74. The Morgan fingerprint density at radius 2 is 2.08 bits per heavy atom. The Morgan fingerprint density at radius 1 is 1.28 bits per heavy atom. The molecule has 0 saturated carbocycles. The van der Waals surface area contributed by atoms with Crippen molar-refractivity contribution >= 4 is 22.9 Å². The van der Waals surface area contributed by atoms with Crippen molar-refractivity contribution in [3.05, 3.63) is 50.9 Å². The van der Waals surface area contributed by atoms with E-state index < -0.39 is 0 Å². The quantitative estimate of drug-likeness (QED) is 0.779. The molecule has 0 spiro atoms. The van der Waals surface area contributed by atoms with Crippen LogP contribution in [0.2, 0.25) is 0 Å². The molecule has 0 aromatic carbocycles. The number of rotatable bonds is 3. The van der Waals surface area contributed by atoms with Crippen molar-refractivity contribution in [1.29, 1.82) is 0 Å². The van der Waals surface area contributed by atoms with Crippen molar-refractivity contribution in [3.8, 4) is 0 Å². The molecule has 1 atom stereocenters. The second-order valence-electron chi connectivity index (χ2n) is 6.79. The Labute approximate surface area is 151 Å². The van der Waals surface area contributed by atoms with E-state index in [-0.39, 0.29) is 11.9 Å². The van der Waals surface area contributed by atoms with Crippen molar-refractivity contribution in [2.45, 2.75) is 52.5 Å². The lowest BCUT2D eigenvalue weighted by Gasteiger charge is -2.11. The van der Waals surface area contributed by atoms with E-state index in [2.05, 4.69) is 10.3 Å². The molecule has 5 nitrogen and oxygen atoms in total.